The Kier molecular flexibility index (Phi) is 4.48. The number of pyridine rings is 1. The second kappa shape index (κ2) is 6.71. The highest BCUT2D eigenvalue weighted by molar-refractivity contribution is 6.30. The van der Waals surface area contributed by atoms with E-state index < -0.39 is 0 Å². The van der Waals surface area contributed by atoms with Gasteiger partial charge in [-0.25, -0.2) is 4.98 Å². The first-order chi connectivity index (χ1) is 11.2. The number of ether oxygens (including phenoxy) is 1. The molecule has 0 bridgehead atoms. The summed E-state index contributed by atoms with van der Waals surface area (Å²) < 4.78 is 6.85. The molecule has 0 unspecified atom stereocenters. The third kappa shape index (κ3) is 3.63. The van der Waals surface area contributed by atoms with E-state index >= 15 is 0 Å². The number of carbonyl (C=O) groups excluding carboxylic acids is 1. The van der Waals surface area contributed by atoms with Gasteiger partial charge in [0.25, 0.3) is 5.91 Å². The summed E-state index contributed by atoms with van der Waals surface area (Å²) in [6.07, 6.45) is 4.14. The predicted octanol–water partition coefficient (Wildman–Crippen LogP) is 2.97. The Balaban J connectivity index is 1.59. The maximum absolute atomic E-state index is 12.1. The maximum atomic E-state index is 12.1. The number of amides is 1. The number of nitrogens with zero attached hydrogens (tertiary/aromatic N) is 2. The second-order valence-corrected chi connectivity index (χ2v) is 5.53. The van der Waals surface area contributed by atoms with Crippen molar-refractivity contribution in [2.45, 2.75) is 6.42 Å². The van der Waals surface area contributed by atoms with Gasteiger partial charge in [0, 0.05) is 18.9 Å². The quantitative estimate of drug-likeness (QED) is 0.783. The van der Waals surface area contributed by atoms with E-state index in [1.165, 1.54) is 0 Å². The summed E-state index contributed by atoms with van der Waals surface area (Å²) in [5, 5.41) is 3.47. The van der Waals surface area contributed by atoms with Crippen molar-refractivity contribution in [2.75, 3.05) is 13.7 Å². The van der Waals surface area contributed by atoms with Gasteiger partial charge in [0.05, 0.1) is 12.1 Å². The molecule has 2 heterocycles. The van der Waals surface area contributed by atoms with Crippen molar-refractivity contribution in [3.05, 3.63) is 65.1 Å². The summed E-state index contributed by atoms with van der Waals surface area (Å²) in [6.45, 7) is 0.541. The lowest BCUT2D eigenvalue weighted by atomic mass is 10.1. The number of methoxy groups -OCH3 is 1. The molecular weight excluding hydrogens is 314 g/mol. The number of benzene rings is 1. The fraction of sp³-hybridized carbons (Fsp3) is 0.176. The molecule has 1 aromatic carbocycles. The normalized spacial score (nSPS) is 10.7. The third-order valence-corrected chi connectivity index (χ3v) is 3.73. The molecule has 0 fully saturated rings. The molecular formula is C17H16ClN3O2. The summed E-state index contributed by atoms with van der Waals surface area (Å²) in [5.41, 5.74) is 2.20. The maximum Gasteiger partial charge on any atom is 0.271 e. The molecule has 1 N–H and O–H groups in total. The van der Waals surface area contributed by atoms with Gasteiger partial charge in [0.1, 0.15) is 17.1 Å². The zero-order valence-corrected chi connectivity index (χ0v) is 13.4. The van der Waals surface area contributed by atoms with Crippen LogP contribution < -0.4 is 10.1 Å². The van der Waals surface area contributed by atoms with Crippen LogP contribution in [-0.4, -0.2) is 28.9 Å². The smallest absolute Gasteiger partial charge is 0.271 e. The number of carbonyl (C=O) groups is 1. The number of aromatic nitrogens is 2. The van der Waals surface area contributed by atoms with Gasteiger partial charge in [0.15, 0.2) is 0 Å². The molecule has 0 aliphatic rings. The number of imidazole rings is 1. The lowest BCUT2D eigenvalue weighted by Gasteiger charge is -2.04. The van der Waals surface area contributed by atoms with Crippen LogP contribution in [0.3, 0.4) is 0 Å². The molecule has 5 nitrogen and oxygen atoms in total. The second-order valence-electron chi connectivity index (χ2n) is 5.09. The fourth-order valence-corrected chi connectivity index (χ4v) is 2.45. The Morgan fingerprint density at radius 3 is 2.74 bits per heavy atom. The average Bonchev–Trinajstić information content (AvgIpc) is 2.98. The highest BCUT2D eigenvalue weighted by atomic mass is 35.5. The van der Waals surface area contributed by atoms with Gasteiger partial charge in [0.2, 0.25) is 0 Å². The molecule has 0 radical (unpaired) electrons. The number of nitrogens with one attached hydrogen (secondary N) is 1. The Morgan fingerprint density at radius 1 is 1.22 bits per heavy atom. The van der Waals surface area contributed by atoms with E-state index in [0.29, 0.717) is 22.9 Å². The zero-order valence-electron chi connectivity index (χ0n) is 12.6. The van der Waals surface area contributed by atoms with Crippen LogP contribution in [0.2, 0.25) is 5.02 Å². The standard InChI is InChI=1S/C17H16ClN3O2/c1-23-14-5-2-12(3-6-14)8-9-19-17(22)15-11-21-10-13(18)4-7-16(21)20-15/h2-7,10-11H,8-9H2,1H3,(H,19,22). The number of hydrogen-bond acceptors (Lipinski definition) is 3. The van der Waals surface area contributed by atoms with Gasteiger partial charge < -0.3 is 14.5 Å². The molecule has 0 aliphatic heterocycles. The lowest BCUT2D eigenvalue weighted by Crippen LogP contribution is -2.25. The summed E-state index contributed by atoms with van der Waals surface area (Å²) in [6, 6.07) is 11.3. The van der Waals surface area contributed by atoms with E-state index in [1.54, 1.807) is 36.0 Å². The van der Waals surface area contributed by atoms with Crippen molar-refractivity contribution in [2.24, 2.45) is 0 Å². The molecule has 0 saturated heterocycles. The minimum atomic E-state index is -0.196. The number of hydrogen-bond donors (Lipinski definition) is 1. The summed E-state index contributed by atoms with van der Waals surface area (Å²) >= 11 is 5.92. The van der Waals surface area contributed by atoms with Crippen molar-refractivity contribution in [3.63, 3.8) is 0 Å². The number of rotatable bonds is 5. The molecule has 0 atom stereocenters. The van der Waals surface area contributed by atoms with Gasteiger partial charge in [-0.2, -0.15) is 0 Å². The third-order valence-electron chi connectivity index (χ3n) is 3.51. The Labute approximate surface area is 138 Å². The van der Waals surface area contributed by atoms with E-state index in [0.717, 1.165) is 17.7 Å². The van der Waals surface area contributed by atoms with E-state index in [2.05, 4.69) is 10.3 Å². The Morgan fingerprint density at radius 2 is 2.00 bits per heavy atom. The summed E-state index contributed by atoms with van der Waals surface area (Å²) in [4.78, 5) is 16.4. The van der Waals surface area contributed by atoms with Crippen molar-refractivity contribution in [1.82, 2.24) is 14.7 Å². The monoisotopic (exact) mass is 329 g/mol. The summed E-state index contributed by atoms with van der Waals surface area (Å²) in [7, 11) is 1.64. The van der Waals surface area contributed by atoms with Gasteiger partial charge in [-0.05, 0) is 36.2 Å². The molecule has 3 rings (SSSR count). The van der Waals surface area contributed by atoms with Crippen molar-refractivity contribution in [3.8, 4) is 5.75 Å². The Hall–Kier alpha value is -2.53. The topological polar surface area (TPSA) is 55.6 Å². The number of halogens is 1. The van der Waals surface area contributed by atoms with E-state index in [-0.39, 0.29) is 5.91 Å². The van der Waals surface area contributed by atoms with Crippen molar-refractivity contribution < 1.29 is 9.53 Å². The molecule has 1 amide bonds. The fourth-order valence-electron chi connectivity index (χ4n) is 2.28. The molecule has 2 aromatic heterocycles. The van der Waals surface area contributed by atoms with Gasteiger partial charge in [-0.3, -0.25) is 4.79 Å². The highest BCUT2D eigenvalue weighted by Crippen LogP contribution is 2.12. The van der Waals surface area contributed by atoms with Crippen LogP contribution in [-0.2, 0) is 6.42 Å². The lowest BCUT2D eigenvalue weighted by molar-refractivity contribution is 0.0950. The number of fused-ring (bicyclic) bond motifs is 1. The van der Waals surface area contributed by atoms with Crippen molar-refractivity contribution >= 4 is 23.2 Å². The van der Waals surface area contributed by atoms with Crippen LogP contribution in [0.1, 0.15) is 16.1 Å². The SMILES string of the molecule is COc1ccc(CCNC(=O)c2cn3cc(Cl)ccc3n2)cc1. The van der Waals surface area contributed by atoms with Crippen LogP contribution >= 0.6 is 11.6 Å². The average molecular weight is 330 g/mol. The molecule has 0 aliphatic carbocycles. The van der Waals surface area contributed by atoms with Crippen LogP contribution in [0.25, 0.3) is 5.65 Å². The minimum absolute atomic E-state index is 0.196. The molecule has 3 aromatic rings. The first-order valence-corrected chi connectivity index (χ1v) is 7.59. The summed E-state index contributed by atoms with van der Waals surface area (Å²) in [5.74, 6) is 0.625. The molecule has 0 saturated carbocycles. The first kappa shape index (κ1) is 15.4. The molecule has 6 heteroatoms. The zero-order chi connectivity index (χ0) is 16.2. The first-order valence-electron chi connectivity index (χ1n) is 7.21. The van der Waals surface area contributed by atoms with E-state index in [9.17, 15) is 4.79 Å². The van der Waals surface area contributed by atoms with Crippen molar-refractivity contribution in [1.29, 1.82) is 0 Å². The van der Waals surface area contributed by atoms with Crippen LogP contribution in [0.15, 0.2) is 48.8 Å². The van der Waals surface area contributed by atoms with Crippen LogP contribution in [0.4, 0.5) is 0 Å². The molecule has 0 spiro atoms. The minimum Gasteiger partial charge on any atom is -0.497 e. The van der Waals surface area contributed by atoms with Gasteiger partial charge >= 0.3 is 0 Å². The van der Waals surface area contributed by atoms with Gasteiger partial charge in [-0.15, -0.1) is 0 Å². The van der Waals surface area contributed by atoms with E-state index in [4.69, 9.17) is 16.3 Å². The predicted molar refractivity (Wildman–Crippen MR) is 89.2 cm³/mol. The largest absolute Gasteiger partial charge is 0.497 e. The van der Waals surface area contributed by atoms with Crippen LogP contribution in [0.5, 0.6) is 5.75 Å². The van der Waals surface area contributed by atoms with E-state index in [1.807, 2.05) is 24.3 Å². The molecule has 23 heavy (non-hydrogen) atoms. The van der Waals surface area contributed by atoms with Crippen LogP contribution in [0, 0.1) is 0 Å². The highest BCUT2D eigenvalue weighted by Gasteiger charge is 2.10. The van der Waals surface area contributed by atoms with Gasteiger partial charge in [-0.1, -0.05) is 23.7 Å². The Bertz CT molecular complexity index is 827. The molecule has 118 valence electrons.